The lowest BCUT2D eigenvalue weighted by Gasteiger charge is -2.33. The molecule has 2 aromatic rings. The summed E-state index contributed by atoms with van der Waals surface area (Å²) in [4.78, 5) is 14.6. The minimum atomic E-state index is -3.40. The molecule has 29 heavy (non-hydrogen) atoms. The Hall–Kier alpha value is -1.90. The highest BCUT2D eigenvalue weighted by Crippen LogP contribution is 2.30. The van der Waals surface area contributed by atoms with Gasteiger partial charge in [-0.1, -0.05) is 25.1 Å². The molecule has 1 aliphatic heterocycles. The standard InChI is InChI=1S/C21H29N3O3S2/c1-16(21(25)22-15-17-6-8-19(9-7-17)23(2)3)18-10-12-24(13-11-18)29(26,27)20-5-4-14-28-20/h4-9,14,16,18H,10-13,15H2,1-3H3,(H,22,25)/t16-/m0/s1. The van der Waals surface area contributed by atoms with Crippen LogP contribution < -0.4 is 10.2 Å². The Bertz CT molecular complexity index is 901. The van der Waals surface area contributed by atoms with Gasteiger partial charge < -0.3 is 10.2 Å². The van der Waals surface area contributed by atoms with Gasteiger partial charge in [0.25, 0.3) is 10.0 Å². The fraction of sp³-hybridized carbons (Fsp3) is 0.476. The van der Waals surface area contributed by atoms with Crippen molar-refractivity contribution in [3.8, 4) is 0 Å². The maximum atomic E-state index is 12.6. The summed E-state index contributed by atoms with van der Waals surface area (Å²) in [5, 5.41) is 4.80. The number of piperidine rings is 1. The number of benzene rings is 1. The smallest absolute Gasteiger partial charge is 0.252 e. The second-order valence-corrected chi connectivity index (χ2v) is 10.9. The van der Waals surface area contributed by atoms with Crippen LogP contribution in [0.1, 0.15) is 25.3 Å². The van der Waals surface area contributed by atoms with Gasteiger partial charge >= 0.3 is 0 Å². The zero-order valence-electron chi connectivity index (χ0n) is 17.2. The molecule has 0 aliphatic carbocycles. The van der Waals surface area contributed by atoms with Gasteiger partial charge in [0.05, 0.1) is 0 Å². The Morgan fingerprint density at radius 2 is 1.86 bits per heavy atom. The first-order chi connectivity index (χ1) is 13.8. The molecule has 0 spiro atoms. The molecule has 3 rings (SSSR count). The predicted octanol–water partition coefficient (Wildman–Crippen LogP) is 3.17. The van der Waals surface area contributed by atoms with Crippen LogP contribution in [-0.4, -0.2) is 45.8 Å². The number of carbonyl (C=O) groups is 1. The van der Waals surface area contributed by atoms with Crippen molar-refractivity contribution in [2.45, 2.75) is 30.5 Å². The van der Waals surface area contributed by atoms with E-state index in [0.717, 1.165) is 11.3 Å². The van der Waals surface area contributed by atoms with Crippen LogP contribution in [-0.2, 0) is 21.4 Å². The summed E-state index contributed by atoms with van der Waals surface area (Å²) >= 11 is 1.25. The predicted molar refractivity (Wildman–Crippen MR) is 118 cm³/mol. The number of hydrogen-bond acceptors (Lipinski definition) is 5. The molecule has 0 bridgehead atoms. The van der Waals surface area contributed by atoms with Crippen molar-refractivity contribution in [2.24, 2.45) is 11.8 Å². The summed E-state index contributed by atoms with van der Waals surface area (Å²) in [5.41, 5.74) is 2.19. The molecule has 158 valence electrons. The van der Waals surface area contributed by atoms with Crippen LogP contribution in [0.25, 0.3) is 0 Å². The molecule has 1 fully saturated rings. The second-order valence-electron chi connectivity index (χ2n) is 7.74. The maximum Gasteiger partial charge on any atom is 0.252 e. The van der Waals surface area contributed by atoms with Crippen LogP contribution in [0.15, 0.2) is 46.0 Å². The van der Waals surface area contributed by atoms with Gasteiger partial charge in [0.1, 0.15) is 4.21 Å². The van der Waals surface area contributed by atoms with Crippen LogP contribution in [0.5, 0.6) is 0 Å². The second kappa shape index (κ2) is 9.28. The average molecular weight is 436 g/mol. The molecule has 8 heteroatoms. The number of hydrogen-bond donors (Lipinski definition) is 1. The lowest BCUT2D eigenvalue weighted by Crippen LogP contribution is -2.42. The van der Waals surface area contributed by atoms with E-state index >= 15 is 0 Å². The number of rotatable bonds is 7. The van der Waals surface area contributed by atoms with Crippen LogP contribution >= 0.6 is 11.3 Å². The molecular weight excluding hydrogens is 406 g/mol. The van der Waals surface area contributed by atoms with E-state index in [9.17, 15) is 13.2 Å². The molecule has 1 atom stereocenters. The zero-order valence-corrected chi connectivity index (χ0v) is 18.8. The number of anilines is 1. The van der Waals surface area contributed by atoms with Gasteiger partial charge in [0.2, 0.25) is 5.91 Å². The third-order valence-corrected chi connectivity index (χ3v) is 8.90. The van der Waals surface area contributed by atoms with Crippen LogP contribution in [0.4, 0.5) is 5.69 Å². The van der Waals surface area contributed by atoms with Crippen LogP contribution in [0.2, 0.25) is 0 Å². The number of sulfonamides is 1. The van der Waals surface area contributed by atoms with E-state index in [2.05, 4.69) is 5.32 Å². The van der Waals surface area contributed by atoms with Crippen molar-refractivity contribution in [2.75, 3.05) is 32.1 Å². The summed E-state index contributed by atoms with van der Waals surface area (Å²) in [6.07, 6.45) is 1.41. The number of nitrogens with one attached hydrogen (secondary N) is 1. The van der Waals surface area contributed by atoms with E-state index in [0.29, 0.717) is 36.7 Å². The Balaban J connectivity index is 1.49. The summed E-state index contributed by atoms with van der Waals surface area (Å²) in [5.74, 6) is 0.0878. The van der Waals surface area contributed by atoms with Crippen LogP contribution in [0.3, 0.4) is 0 Å². The Kier molecular flexibility index (Phi) is 6.97. The highest BCUT2D eigenvalue weighted by atomic mass is 32.2. The van der Waals surface area contributed by atoms with E-state index < -0.39 is 10.0 Å². The minimum Gasteiger partial charge on any atom is -0.378 e. The highest BCUT2D eigenvalue weighted by Gasteiger charge is 2.33. The lowest BCUT2D eigenvalue weighted by molar-refractivity contribution is -0.126. The van der Waals surface area contributed by atoms with Crippen LogP contribution in [0, 0.1) is 11.8 Å². The van der Waals surface area contributed by atoms with E-state index in [1.807, 2.05) is 50.2 Å². The number of nitrogens with zero attached hydrogens (tertiary/aromatic N) is 2. The molecule has 2 heterocycles. The van der Waals surface area contributed by atoms with Crippen molar-refractivity contribution in [1.29, 1.82) is 0 Å². The molecule has 0 unspecified atom stereocenters. The molecular formula is C21H29N3O3S2. The summed E-state index contributed by atoms with van der Waals surface area (Å²) in [6.45, 7) is 3.38. The molecule has 1 aliphatic rings. The molecule has 1 amide bonds. The van der Waals surface area contributed by atoms with Crippen molar-refractivity contribution < 1.29 is 13.2 Å². The van der Waals surface area contributed by atoms with Gasteiger partial charge in [-0.15, -0.1) is 11.3 Å². The average Bonchev–Trinajstić information content (AvgIpc) is 3.27. The third kappa shape index (κ3) is 5.18. The molecule has 6 nitrogen and oxygen atoms in total. The first-order valence-corrected chi connectivity index (χ1v) is 12.2. The Morgan fingerprint density at radius 3 is 2.41 bits per heavy atom. The van der Waals surface area contributed by atoms with Gasteiger partial charge in [-0.25, -0.2) is 8.42 Å². The van der Waals surface area contributed by atoms with Crippen molar-refractivity contribution in [3.63, 3.8) is 0 Å². The maximum absolute atomic E-state index is 12.6. The van der Waals surface area contributed by atoms with Crippen molar-refractivity contribution in [3.05, 3.63) is 47.3 Å². The fourth-order valence-corrected chi connectivity index (χ4v) is 6.24. The van der Waals surface area contributed by atoms with E-state index in [-0.39, 0.29) is 17.7 Å². The summed E-state index contributed by atoms with van der Waals surface area (Å²) in [6, 6.07) is 11.5. The molecule has 0 saturated carbocycles. The SMILES string of the molecule is C[C@H](C(=O)NCc1ccc(N(C)C)cc1)C1CCN(S(=O)(=O)c2cccs2)CC1. The Morgan fingerprint density at radius 1 is 1.21 bits per heavy atom. The molecule has 1 saturated heterocycles. The minimum absolute atomic E-state index is 0.0289. The zero-order chi connectivity index (χ0) is 21.0. The fourth-order valence-electron chi connectivity index (χ4n) is 3.63. The van der Waals surface area contributed by atoms with Crippen molar-refractivity contribution in [1.82, 2.24) is 9.62 Å². The molecule has 1 N–H and O–H groups in total. The molecule has 1 aromatic carbocycles. The van der Waals surface area contributed by atoms with E-state index in [1.165, 1.54) is 11.3 Å². The van der Waals surface area contributed by atoms with Crippen molar-refractivity contribution >= 4 is 33.0 Å². The summed E-state index contributed by atoms with van der Waals surface area (Å²) < 4.78 is 27.2. The normalized spacial score (nSPS) is 17.1. The van der Waals surface area contributed by atoms with E-state index in [1.54, 1.807) is 21.8 Å². The van der Waals surface area contributed by atoms with Gasteiger partial charge in [-0.2, -0.15) is 4.31 Å². The number of thiophene rings is 1. The first kappa shape index (κ1) is 21.8. The monoisotopic (exact) mass is 435 g/mol. The number of carbonyl (C=O) groups excluding carboxylic acids is 1. The van der Waals surface area contributed by atoms with Gasteiger partial charge in [-0.05, 0) is 47.9 Å². The van der Waals surface area contributed by atoms with Gasteiger partial charge in [-0.3, -0.25) is 4.79 Å². The Labute approximate surface area is 177 Å². The highest BCUT2D eigenvalue weighted by molar-refractivity contribution is 7.91. The summed E-state index contributed by atoms with van der Waals surface area (Å²) in [7, 11) is 0.595. The lowest BCUT2D eigenvalue weighted by atomic mass is 9.85. The third-order valence-electron chi connectivity index (χ3n) is 5.63. The van der Waals surface area contributed by atoms with Gasteiger partial charge in [0, 0.05) is 45.3 Å². The quantitative estimate of drug-likeness (QED) is 0.725. The molecule has 1 aromatic heterocycles. The van der Waals surface area contributed by atoms with Gasteiger partial charge in [0.15, 0.2) is 0 Å². The van der Waals surface area contributed by atoms with E-state index in [4.69, 9.17) is 0 Å². The first-order valence-electron chi connectivity index (χ1n) is 9.86. The largest absolute Gasteiger partial charge is 0.378 e. The number of amides is 1. The topological polar surface area (TPSA) is 69.7 Å². The molecule has 0 radical (unpaired) electrons.